The number of carbonyl (C=O) groups is 1. The van der Waals surface area contributed by atoms with E-state index in [1.54, 1.807) is 10.7 Å². The molecule has 100 valence electrons. The van der Waals surface area contributed by atoms with Crippen molar-refractivity contribution in [2.75, 3.05) is 0 Å². The fraction of sp³-hybridized carbons (Fsp3) is 0.333. The van der Waals surface area contributed by atoms with Gasteiger partial charge in [-0.3, -0.25) is 4.68 Å². The molecule has 0 bridgehead atoms. The number of aromatic nitrogens is 2. The van der Waals surface area contributed by atoms with Gasteiger partial charge in [-0.25, -0.2) is 4.79 Å². The van der Waals surface area contributed by atoms with Crippen molar-refractivity contribution in [1.29, 1.82) is 0 Å². The number of aromatic carboxylic acids is 1. The molecular formula is C15H18N2O2. The molecule has 2 rings (SSSR count). The van der Waals surface area contributed by atoms with Crippen molar-refractivity contribution in [1.82, 2.24) is 9.78 Å². The molecule has 1 aromatic carbocycles. The zero-order valence-corrected chi connectivity index (χ0v) is 11.3. The average molecular weight is 258 g/mol. The zero-order valence-electron chi connectivity index (χ0n) is 11.3. The van der Waals surface area contributed by atoms with Gasteiger partial charge >= 0.3 is 5.97 Å². The van der Waals surface area contributed by atoms with E-state index in [-0.39, 0.29) is 5.69 Å². The lowest BCUT2D eigenvalue weighted by Gasteiger charge is -2.05. The van der Waals surface area contributed by atoms with Crippen molar-refractivity contribution < 1.29 is 9.90 Å². The summed E-state index contributed by atoms with van der Waals surface area (Å²) >= 11 is 0. The SMILES string of the molecule is CCCc1cc(C(=O)O)n(Cc2ccc(C)cc2)n1. The second kappa shape index (κ2) is 5.69. The van der Waals surface area contributed by atoms with Gasteiger partial charge in [0.2, 0.25) is 0 Å². The molecule has 0 saturated carbocycles. The van der Waals surface area contributed by atoms with E-state index < -0.39 is 5.97 Å². The third kappa shape index (κ3) is 3.22. The van der Waals surface area contributed by atoms with Gasteiger partial charge in [0, 0.05) is 0 Å². The number of rotatable bonds is 5. The Labute approximate surface area is 112 Å². The first-order valence-electron chi connectivity index (χ1n) is 6.45. The molecule has 0 amide bonds. The molecule has 0 radical (unpaired) electrons. The van der Waals surface area contributed by atoms with E-state index in [0.717, 1.165) is 24.1 Å². The van der Waals surface area contributed by atoms with Gasteiger partial charge < -0.3 is 5.11 Å². The third-order valence-electron chi connectivity index (χ3n) is 3.01. The summed E-state index contributed by atoms with van der Waals surface area (Å²) in [5.41, 5.74) is 3.34. The molecule has 2 aromatic rings. The minimum absolute atomic E-state index is 0.254. The number of carboxylic acid groups (broad SMARTS) is 1. The molecule has 1 aromatic heterocycles. The number of carboxylic acids is 1. The Morgan fingerprint density at radius 1 is 1.32 bits per heavy atom. The molecule has 0 fully saturated rings. The number of nitrogens with zero attached hydrogens (tertiary/aromatic N) is 2. The molecular weight excluding hydrogens is 240 g/mol. The van der Waals surface area contributed by atoms with Crippen LogP contribution < -0.4 is 0 Å². The molecule has 1 heterocycles. The lowest BCUT2D eigenvalue weighted by atomic mass is 10.1. The summed E-state index contributed by atoms with van der Waals surface area (Å²) in [4.78, 5) is 11.2. The lowest BCUT2D eigenvalue weighted by molar-refractivity contribution is 0.0684. The van der Waals surface area contributed by atoms with Gasteiger partial charge in [0.25, 0.3) is 0 Å². The van der Waals surface area contributed by atoms with Crippen molar-refractivity contribution in [2.24, 2.45) is 0 Å². The highest BCUT2D eigenvalue weighted by atomic mass is 16.4. The average Bonchev–Trinajstić information content (AvgIpc) is 2.76. The predicted molar refractivity (Wildman–Crippen MR) is 73.5 cm³/mol. The van der Waals surface area contributed by atoms with Crippen molar-refractivity contribution >= 4 is 5.97 Å². The van der Waals surface area contributed by atoms with E-state index in [4.69, 9.17) is 0 Å². The molecule has 0 aliphatic rings. The monoisotopic (exact) mass is 258 g/mol. The van der Waals surface area contributed by atoms with Crippen LogP contribution in [0.4, 0.5) is 0 Å². The van der Waals surface area contributed by atoms with Crippen LogP contribution in [-0.2, 0) is 13.0 Å². The van der Waals surface area contributed by atoms with E-state index >= 15 is 0 Å². The molecule has 1 N–H and O–H groups in total. The van der Waals surface area contributed by atoms with E-state index in [1.165, 1.54) is 5.56 Å². The highest BCUT2D eigenvalue weighted by Crippen LogP contribution is 2.11. The van der Waals surface area contributed by atoms with E-state index in [1.807, 2.05) is 31.2 Å². The first-order chi connectivity index (χ1) is 9.10. The Bertz CT molecular complexity index is 570. The standard InChI is InChI=1S/C15H18N2O2/c1-3-4-13-9-14(15(18)19)17(16-13)10-12-7-5-11(2)6-8-12/h5-9H,3-4,10H2,1-2H3,(H,18,19). The number of hydrogen-bond acceptors (Lipinski definition) is 2. The molecule has 0 saturated heterocycles. The Kier molecular flexibility index (Phi) is 4.00. The van der Waals surface area contributed by atoms with Crippen molar-refractivity contribution in [3.63, 3.8) is 0 Å². The molecule has 4 heteroatoms. The zero-order chi connectivity index (χ0) is 13.8. The second-order valence-corrected chi connectivity index (χ2v) is 4.72. The largest absolute Gasteiger partial charge is 0.477 e. The fourth-order valence-electron chi connectivity index (χ4n) is 2.01. The summed E-state index contributed by atoms with van der Waals surface area (Å²) in [5.74, 6) is -0.929. The van der Waals surface area contributed by atoms with Gasteiger partial charge in [-0.1, -0.05) is 43.2 Å². The molecule has 0 aliphatic carbocycles. The highest BCUT2D eigenvalue weighted by molar-refractivity contribution is 5.85. The Balaban J connectivity index is 2.27. The summed E-state index contributed by atoms with van der Waals surface area (Å²) in [5, 5.41) is 13.6. The highest BCUT2D eigenvalue weighted by Gasteiger charge is 2.14. The minimum atomic E-state index is -0.929. The van der Waals surface area contributed by atoms with Crippen LogP contribution in [0.5, 0.6) is 0 Å². The molecule has 0 atom stereocenters. The Hall–Kier alpha value is -2.10. The molecule has 19 heavy (non-hydrogen) atoms. The lowest BCUT2D eigenvalue weighted by Crippen LogP contribution is -2.10. The predicted octanol–water partition coefficient (Wildman–Crippen LogP) is 2.89. The van der Waals surface area contributed by atoms with Gasteiger partial charge in [-0.05, 0) is 25.0 Å². The van der Waals surface area contributed by atoms with Crippen LogP contribution in [0.2, 0.25) is 0 Å². The van der Waals surface area contributed by atoms with Crippen molar-refractivity contribution in [2.45, 2.75) is 33.2 Å². The van der Waals surface area contributed by atoms with Gasteiger partial charge in [0.1, 0.15) is 5.69 Å². The topological polar surface area (TPSA) is 55.1 Å². The summed E-state index contributed by atoms with van der Waals surface area (Å²) in [6.07, 6.45) is 1.77. The van der Waals surface area contributed by atoms with Crippen molar-refractivity contribution in [3.05, 3.63) is 52.8 Å². The number of benzene rings is 1. The van der Waals surface area contributed by atoms with Crippen LogP contribution in [0.15, 0.2) is 30.3 Å². The number of aryl methyl sites for hydroxylation is 2. The van der Waals surface area contributed by atoms with E-state index in [0.29, 0.717) is 6.54 Å². The van der Waals surface area contributed by atoms with Crippen LogP contribution in [0.3, 0.4) is 0 Å². The molecule has 0 unspecified atom stereocenters. The smallest absolute Gasteiger partial charge is 0.354 e. The van der Waals surface area contributed by atoms with Crippen LogP contribution in [0, 0.1) is 6.92 Å². The third-order valence-corrected chi connectivity index (χ3v) is 3.01. The second-order valence-electron chi connectivity index (χ2n) is 4.72. The van der Waals surface area contributed by atoms with Crippen LogP contribution >= 0.6 is 0 Å². The summed E-state index contributed by atoms with van der Waals surface area (Å²) in [6.45, 7) is 4.57. The maximum Gasteiger partial charge on any atom is 0.354 e. The van der Waals surface area contributed by atoms with E-state index in [9.17, 15) is 9.90 Å². The van der Waals surface area contributed by atoms with Gasteiger partial charge in [0.05, 0.1) is 12.2 Å². The Morgan fingerprint density at radius 2 is 2.00 bits per heavy atom. The fourth-order valence-corrected chi connectivity index (χ4v) is 2.01. The van der Waals surface area contributed by atoms with E-state index in [2.05, 4.69) is 12.0 Å². The van der Waals surface area contributed by atoms with Crippen molar-refractivity contribution in [3.8, 4) is 0 Å². The van der Waals surface area contributed by atoms with Gasteiger partial charge in [-0.15, -0.1) is 0 Å². The maximum atomic E-state index is 11.2. The quantitative estimate of drug-likeness (QED) is 0.897. The first-order valence-corrected chi connectivity index (χ1v) is 6.45. The van der Waals surface area contributed by atoms with Gasteiger partial charge in [-0.2, -0.15) is 5.10 Å². The van der Waals surface area contributed by atoms with Crippen LogP contribution in [0.1, 0.15) is 40.7 Å². The maximum absolute atomic E-state index is 11.2. The minimum Gasteiger partial charge on any atom is -0.477 e. The van der Waals surface area contributed by atoms with Gasteiger partial charge in [0.15, 0.2) is 0 Å². The normalized spacial score (nSPS) is 10.6. The molecule has 0 spiro atoms. The molecule has 0 aliphatic heterocycles. The summed E-state index contributed by atoms with van der Waals surface area (Å²) in [6, 6.07) is 9.71. The summed E-state index contributed by atoms with van der Waals surface area (Å²) in [7, 11) is 0. The Morgan fingerprint density at radius 3 is 2.58 bits per heavy atom. The first kappa shape index (κ1) is 13.3. The number of hydrogen-bond donors (Lipinski definition) is 1. The van der Waals surface area contributed by atoms with Crippen LogP contribution in [0.25, 0.3) is 0 Å². The molecule has 4 nitrogen and oxygen atoms in total. The summed E-state index contributed by atoms with van der Waals surface area (Å²) < 4.78 is 1.57. The van der Waals surface area contributed by atoms with Crippen LogP contribution in [-0.4, -0.2) is 20.9 Å².